The van der Waals surface area contributed by atoms with Crippen molar-refractivity contribution in [2.24, 2.45) is 0 Å². The molecule has 1 heterocycles. The molecule has 1 saturated heterocycles. The van der Waals surface area contributed by atoms with Crippen molar-refractivity contribution in [3.05, 3.63) is 53.6 Å². The molecule has 0 saturated carbocycles. The zero-order valence-electron chi connectivity index (χ0n) is 16.1. The first-order valence-electron chi connectivity index (χ1n) is 9.05. The first-order valence-corrected chi connectivity index (χ1v) is 9.05. The predicted molar refractivity (Wildman–Crippen MR) is 100 cm³/mol. The average molecular weight is 374 g/mol. The van der Waals surface area contributed by atoms with Gasteiger partial charge in [-0.2, -0.15) is 13.2 Å². The summed E-state index contributed by atoms with van der Waals surface area (Å²) in [6.07, 6.45) is -4.41. The molecular formula is C21H22BF3O2. The Balaban J connectivity index is 1.86. The van der Waals surface area contributed by atoms with E-state index in [1.165, 1.54) is 6.92 Å². The molecule has 1 aliphatic carbocycles. The number of hydrogen-bond acceptors (Lipinski definition) is 2. The van der Waals surface area contributed by atoms with Gasteiger partial charge in [0.25, 0.3) is 0 Å². The van der Waals surface area contributed by atoms with Crippen molar-refractivity contribution in [3.8, 4) is 11.1 Å². The number of rotatable bonds is 1. The summed E-state index contributed by atoms with van der Waals surface area (Å²) in [6.45, 7) is 8.96. The molecule has 0 amide bonds. The van der Waals surface area contributed by atoms with Crippen molar-refractivity contribution in [1.82, 2.24) is 0 Å². The normalized spacial score (nSPS) is 25.4. The van der Waals surface area contributed by atoms with Crippen molar-refractivity contribution in [3.63, 3.8) is 0 Å². The maximum atomic E-state index is 14.2. The fraction of sp³-hybridized carbons (Fsp3) is 0.429. The monoisotopic (exact) mass is 374 g/mol. The Hall–Kier alpha value is -1.79. The van der Waals surface area contributed by atoms with Gasteiger partial charge in [-0.3, -0.25) is 0 Å². The molecule has 6 heteroatoms. The largest absolute Gasteiger partial charge is 0.494 e. The zero-order valence-corrected chi connectivity index (χ0v) is 16.1. The van der Waals surface area contributed by atoms with Gasteiger partial charge in [0.2, 0.25) is 0 Å². The maximum absolute atomic E-state index is 14.2. The standard InChI is InChI=1S/C21H22BF3O2/c1-18(2)19(3,4)27-22(26-18)13-10-11-15-14-8-6-7-9-16(14)20(5,17(15)12-13)21(23,24)25/h6-12H,1-5H3. The van der Waals surface area contributed by atoms with Gasteiger partial charge in [0.05, 0.1) is 11.2 Å². The van der Waals surface area contributed by atoms with Crippen LogP contribution in [-0.4, -0.2) is 24.5 Å². The van der Waals surface area contributed by atoms with Crippen molar-refractivity contribution < 1.29 is 22.5 Å². The highest BCUT2D eigenvalue weighted by Crippen LogP contribution is 2.56. The van der Waals surface area contributed by atoms with Crippen LogP contribution in [0.4, 0.5) is 13.2 Å². The van der Waals surface area contributed by atoms with E-state index in [2.05, 4.69) is 0 Å². The molecule has 1 atom stereocenters. The van der Waals surface area contributed by atoms with Gasteiger partial charge >= 0.3 is 13.3 Å². The van der Waals surface area contributed by atoms with E-state index in [9.17, 15) is 13.2 Å². The van der Waals surface area contributed by atoms with E-state index in [-0.39, 0.29) is 5.56 Å². The van der Waals surface area contributed by atoms with Crippen LogP contribution in [0.5, 0.6) is 0 Å². The van der Waals surface area contributed by atoms with Gasteiger partial charge in [-0.05, 0) is 62.3 Å². The van der Waals surface area contributed by atoms with Gasteiger partial charge < -0.3 is 9.31 Å². The van der Waals surface area contributed by atoms with Crippen LogP contribution >= 0.6 is 0 Å². The van der Waals surface area contributed by atoms with Crippen LogP contribution in [0.1, 0.15) is 45.7 Å². The Bertz CT molecular complexity index is 904. The first-order chi connectivity index (χ1) is 12.4. The molecular weight excluding hydrogens is 352 g/mol. The maximum Gasteiger partial charge on any atom is 0.494 e. The fourth-order valence-corrected chi connectivity index (χ4v) is 3.94. The molecule has 0 bridgehead atoms. The summed E-state index contributed by atoms with van der Waals surface area (Å²) in [5, 5.41) is 0. The van der Waals surface area contributed by atoms with E-state index in [0.717, 1.165) is 0 Å². The van der Waals surface area contributed by atoms with Crippen LogP contribution in [0, 0.1) is 0 Å². The quantitative estimate of drug-likeness (QED) is 0.666. The van der Waals surface area contributed by atoms with E-state index >= 15 is 0 Å². The SMILES string of the molecule is CC1(C)OB(c2ccc3c(c2)C(C)(C(F)(F)F)c2ccccc2-3)OC1(C)C. The zero-order chi connectivity index (χ0) is 19.8. The van der Waals surface area contributed by atoms with E-state index in [0.29, 0.717) is 22.2 Å². The third kappa shape index (κ3) is 2.42. The number of fused-ring (bicyclic) bond motifs is 3. The van der Waals surface area contributed by atoms with Crippen LogP contribution < -0.4 is 5.46 Å². The molecule has 27 heavy (non-hydrogen) atoms. The smallest absolute Gasteiger partial charge is 0.399 e. The van der Waals surface area contributed by atoms with Gasteiger partial charge in [-0.25, -0.2) is 0 Å². The Labute approximate surface area is 157 Å². The average Bonchev–Trinajstić information content (AvgIpc) is 2.96. The molecule has 142 valence electrons. The van der Waals surface area contributed by atoms with Crippen LogP contribution in [0.15, 0.2) is 42.5 Å². The number of benzene rings is 2. The summed E-state index contributed by atoms with van der Waals surface area (Å²) >= 11 is 0. The van der Waals surface area contributed by atoms with Crippen LogP contribution in [-0.2, 0) is 14.7 Å². The van der Waals surface area contributed by atoms with Crippen LogP contribution in [0.25, 0.3) is 11.1 Å². The Morgan fingerprint density at radius 1 is 0.778 bits per heavy atom. The van der Waals surface area contributed by atoms with Gasteiger partial charge in [0, 0.05) is 0 Å². The topological polar surface area (TPSA) is 18.5 Å². The molecule has 0 spiro atoms. The van der Waals surface area contributed by atoms with E-state index in [1.807, 2.05) is 27.7 Å². The molecule has 1 aliphatic heterocycles. The minimum Gasteiger partial charge on any atom is -0.399 e. The minimum absolute atomic E-state index is 0.253. The molecule has 2 nitrogen and oxygen atoms in total. The van der Waals surface area contributed by atoms with E-state index < -0.39 is 29.9 Å². The Kier molecular flexibility index (Phi) is 3.71. The Morgan fingerprint density at radius 3 is 1.93 bits per heavy atom. The summed E-state index contributed by atoms with van der Waals surface area (Å²) in [5.74, 6) is 0. The molecule has 0 N–H and O–H groups in total. The molecule has 0 aromatic heterocycles. The number of alkyl halides is 3. The second-order valence-electron chi connectivity index (χ2n) is 8.56. The first kappa shape index (κ1) is 18.6. The molecule has 0 radical (unpaired) electrons. The lowest BCUT2D eigenvalue weighted by atomic mass is 9.73. The van der Waals surface area contributed by atoms with E-state index in [1.54, 1.807) is 42.5 Å². The highest BCUT2D eigenvalue weighted by Gasteiger charge is 2.58. The third-order valence-corrected chi connectivity index (χ3v) is 6.43. The summed E-state index contributed by atoms with van der Waals surface area (Å²) in [6, 6.07) is 11.9. The highest BCUT2D eigenvalue weighted by molar-refractivity contribution is 6.62. The van der Waals surface area contributed by atoms with Crippen molar-refractivity contribution in [1.29, 1.82) is 0 Å². The Morgan fingerprint density at radius 2 is 1.33 bits per heavy atom. The summed E-state index contributed by atoms with van der Waals surface area (Å²) in [7, 11) is -0.693. The lowest BCUT2D eigenvalue weighted by Crippen LogP contribution is -2.41. The molecule has 1 fully saturated rings. The third-order valence-electron chi connectivity index (χ3n) is 6.43. The van der Waals surface area contributed by atoms with E-state index in [4.69, 9.17) is 9.31 Å². The second kappa shape index (κ2) is 5.39. The lowest BCUT2D eigenvalue weighted by molar-refractivity contribution is -0.172. The molecule has 4 rings (SSSR count). The fourth-order valence-electron chi connectivity index (χ4n) is 3.94. The van der Waals surface area contributed by atoms with Gasteiger partial charge in [-0.15, -0.1) is 0 Å². The predicted octanol–water partition coefficient (Wildman–Crippen LogP) is 4.83. The number of halogens is 3. The molecule has 2 aromatic carbocycles. The minimum atomic E-state index is -4.41. The molecule has 2 aromatic rings. The molecule has 2 aliphatic rings. The van der Waals surface area contributed by atoms with Crippen molar-refractivity contribution in [2.45, 2.75) is 57.4 Å². The summed E-state index contributed by atoms with van der Waals surface area (Å²) < 4.78 is 54.7. The second-order valence-corrected chi connectivity index (χ2v) is 8.56. The highest BCUT2D eigenvalue weighted by atomic mass is 19.4. The summed E-state index contributed by atoms with van der Waals surface area (Å²) in [5.41, 5.74) is -0.755. The van der Waals surface area contributed by atoms with Crippen molar-refractivity contribution >= 4 is 12.6 Å². The van der Waals surface area contributed by atoms with Crippen LogP contribution in [0.3, 0.4) is 0 Å². The van der Waals surface area contributed by atoms with Crippen LogP contribution in [0.2, 0.25) is 0 Å². The summed E-state index contributed by atoms with van der Waals surface area (Å²) in [4.78, 5) is 0. The number of hydrogen-bond donors (Lipinski definition) is 0. The van der Waals surface area contributed by atoms with Crippen molar-refractivity contribution in [2.75, 3.05) is 0 Å². The molecule has 1 unspecified atom stereocenters. The van der Waals surface area contributed by atoms with Gasteiger partial charge in [0.15, 0.2) is 0 Å². The van der Waals surface area contributed by atoms with Gasteiger partial charge in [-0.1, -0.05) is 42.5 Å². The van der Waals surface area contributed by atoms with Gasteiger partial charge in [0.1, 0.15) is 5.41 Å². The lowest BCUT2D eigenvalue weighted by Gasteiger charge is -2.32.